The largest absolute Gasteiger partial charge is 0.496 e. The number of hydrogen-bond donors (Lipinski definition) is 1. The van der Waals surface area contributed by atoms with Crippen LogP contribution in [-0.2, 0) is 41.1 Å². The number of benzene rings is 2. The van der Waals surface area contributed by atoms with Crippen molar-refractivity contribution in [3.8, 4) is 28.4 Å². The van der Waals surface area contributed by atoms with Crippen LogP contribution in [-0.4, -0.2) is 104 Å². The number of nitrogens with one attached hydrogen (secondary N) is 1. The lowest BCUT2D eigenvalue weighted by atomic mass is 9.98. The van der Waals surface area contributed by atoms with Crippen molar-refractivity contribution >= 4 is 34.4 Å². The summed E-state index contributed by atoms with van der Waals surface area (Å²) in [7, 11) is 5.05. The van der Waals surface area contributed by atoms with Gasteiger partial charge < -0.3 is 23.5 Å². The number of rotatable bonds is 15. The first kappa shape index (κ1) is 40.3. The number of amides is 4. The highest BCUT2D eigenvalue weighted by atomic mass is 16.5. The van der Waals surface area contributed by atoms with Gasteiger partial charge in [-0.15, -0.1) is 5.10 Å². The number of methoxy groups -OCH3 is 2. The van der Waals surface area contributed by atoms with Crippen molar-refractivity contribution in [1.82, 2.24) is 39.7 Å². The monoisotopic (exact) mass is 818 g/mol. The van der Waals surface area contributed by atoms with E-state index in [0.29, 0.717) is 55.4 Å². The Morgan fingerprint density at radius 1 is 0.850 bits per heavy atom. The molecular weight excluding hydrogens is 773 g/mol. The summed E-state index contributed by atoms with van der Waals surface area (Å²) in [5.41, 5.74) is 3.77. The maximum absolute atomic E-state index is 13.1. The minimum atomic E-state index is -1.01. The molecule has 2 fully saturated rings. The lowest BCUT2D eigenvalue weighted by Gasteiger charge is -2.32. The van der Waals surface area contributed by atoms with Gasteiger partial charge in [0, 0.05) is 63.8 Å². The van der Waals surface area contributed by atoms with E-state index in [1.54, 1.807) is 49.0 Å². The molecule has 1 atom stereocenters. The molecular formula is C43H46N8O9. The van der Waals surface area contributed by atoms with E-state index in [-0.39, 0.29) is 35.6 Å². The van der Waals surface area contributed by atoms with Crippen LogP contribution in [0.4, 0.5) is 0 Å². The second kappa shape index (κ2) is 17.4. The number of nitrogens with zero attached hydrogens (tertiary/aromatic N) is 7. The van der Waals surface area contributed by atoms with E-state index in [2.05, 4.69) is 25.5 Å². The molecule has 0 spiro atoms. The Kier molecular flexibility index (Phi) is 11.7. The fourth-order valence-electron chi connectivity index (χ4n) is 8.12. The number of unbranched alkanes of at least 4 members (excludes halogenated alkanes) is 1. The first-order valence-corrected chi connectivity index (χ1v) is 20.0. The molecule has 8 rings (SSSR count). The molecule has 2 saturated heterocycles. The zero-order chi connectivity index (χ0) is 41.9. The smallest absolute Gasteiger partial charge is 0.262 e. The van der Waals surface area contributed by atoms with Gasteiger partial charge in [0.2, 0.25) is 11.8 Å². The molecule has 0 saturated carbocycles. The van der Waals surface area contributed by atoms with Crippen molar-refractivity contribution in [2.24, 2.45) is 7.05 Å². The minimum Gasteiger partial charge on any atom is -0.496 e. The maximum atomic E-state index is 13.1. The molecule has 3 aromatic heterocycles. The SMILES string of the molecule is COc1cc(-c2cn(C)c(=O)c3cnccc23)cc(OC)c1CN1CCC(OCc2cn(CCCCOc3ccc4c(c3)C(=O)N(C3CCC(=O)NC3=O)C4=O)nn2)CC1. The third-order valence-corrected chi connectivity index (χ3v) is 11.3. The number of carbonyl (C=O) groups excluding carboxylic acids is 4. The van der Waals surface area contributed by atoms with Crippen LogP contribution in [0.2, 0.25) is 0 Å². The van der Waals surface area contributed by atoms with E-state index in [0.717, 1.165) is 65.0 Å². The molecule has 4 amide bonds. The molecule has 1 unspecified atom stereocenters. The minimum absolute atomic E-state index is 0.0639. The quantitative estimate of drug-likeness (QED) is 0.119. The summed E-state index contributed by atoms with van der Waals surface area (Å²) in [5, 5.41) is 12.1. The Morgan fingerprint density at radius 2 is 1.62 bits per heavy atom. The first-order valence-electron chi connectivity index (χ1n) is 20.0. The van der Waals surface area contributed by atoms with Crippen LogP contribution >= 0.6 is 0 Å². The van der Waals surface area contributed by atoms with Crippen LogP contribution in [0.1, 0.15) is 70.5 Å². The number of pyridine rings is 2. The molecule has 2 aromatic carbocycles. The van der Waals surface area contributed by atoms with Gasteiger partial charge in [-0.25, -0.2) is 0 Å². The molecule has 312 valence electrons. The highest BCUT2D eigenvalue weighted by molar-refractivity contribution is 6.23. The molecule has 0 aliphatic carbocycles. The molecule has 3 aliphatic heterocycles. The first-order chi connectivity index (χ1) is 29.1. The number of aromatic nitrogens is 5. The summed E-state index contributed by atoms with van der Waals surface area (Å²) in [6, 6.07) is 9.54. The Bertz CT molecular complexity index is 2500. The summed E-state index contributed by atoms with van der Waals surface area (Å²) in [5.74, 6) is -0.303. The van der Waals surface area contributed by atoms with Crippen LogP contribution in [0, 0.1) is 0 Å². The van der Waals surface area contributed by atoms with Gasteiger partial charge in [-0.1, -0.05) is 5.21 Å². The molecule has 5 aromatic rings. The number of hydrogen-bond acceptors (Lipinski definition) is 13. The zero-order valence-corrected chi connectivity index (χ0v) is 33.7. The second-order valence-corrected chi connectivity index (χ2v) is 15.2. The summed E-state index contributed by atoms with van der Waals surface area (Å²) >= 11 is 0. The van der Waals surface area contributed by atoms with Gasteiger partial charge >= 0.3 is 0 Å². The average molecular weight is 819 g/mol. The Hall–Kier alpha value is -6.46. The summed E-state index contributed by atoms with van der Waals surface area (Å²) in [4.78, 5) is 70.1. The predicted molar refractivity (Wildman–Crippen MR) is 216 cm³/mol. The number of aryl methyl sites for hydroxylation is 2. The average Bonchev–Trinajstić information content (AvgIpc) is 3.82. The zero-order valence-electron chi connectivity index (χ0n) is 33.7. The van der Waals surface area contributed by atoms with Gasteiger partial charge in [0.25, 0.3) is 17.4 Å². The Morgan fingerprint density at radius 3 is 2.37 bits per heavy atom. The Labute approximate surface area is 345 Å². The standard InChI is InChI=1S/C43H46N8O9/c1-48-23-34(30-10-13-44-21-33(30)41(48)54)26-18-37(57-2)35(38(19-26)58-3)24-49-15-11-28(12-16-49)60-25-27-22-50(47-46-27)14-4-5-17-59-29-6-7-31-32(20-29)43(56)51(42(31)55)36-8-9-39(52)45-40(36)53/h6-7,10,13,18-23,28,36H,4-5,8-9,11-12,14-17,24-25H2,1-3H3,(H,45,52,53). The van der Waals surface area contributed by atoms with Crippen molar-refractivity contribution in [2.45, 2.75) is 70.4 Å². The maximum Gasteiger partial charge on any atom is 0.262 e. The van der Waals surface area contributed by atoms with Crippen LogP contribution in [0.25, 0.3) is 21.9 Å². The molecule has 1 N–H and O–H groups in total. The Balaban J connectivity index is 0.777. The van der Waals surface area contributed by atoms with E-state index in [9.17, 15) is 24.0 Å². The molecule has 60 heavy (non-hydrogen) atoms. The van der Waals surface area contributed by atoms with Crippen LogP contribution in [0.3, 0.4) is 0 Å². The lowest BCUT2D eigenvalue weighted by Crippen LogP contribution is -2.54. The fourth-order valence-corrected chi connectivity index (χ4v) is 8.12. The summed E-state index contributed by atoms with van der Waals surface area (Å²) in [6.07, 6.45) is 10.5. The lowest BCUT2D eigenvalue weighted by molar-refractivity contribution is -0.136. The molecule has 0 bridgehead atoms. The van der Waals surface area contributed by atoms with Gasteiger partial charge in [-0.05, 0) is 79.5 Å². The number of imide groups is 2. The van der Waals surface area contributed by atoms with E-state index in [1.165, 1.54) is 12.1 Å². The van der Waals surface area contributed by atoms with Gasteiger partial charge in [0.05, 0.1) is 61.8 Å². The van der Waals surface area contributed by atoms with E-state index in [1.807, 2.05) is 30.6 Å². The van der Waals surface area contributed by atoms with Crippen LogP contribution in [0.15, 0.2) is 66.0 Å². The van der Waals surface area contributed by atoms with Gasteiger partial charge in [0.1, 0.15) is 29.0 Å². The molecule has 6 heterocycles. The number of carbonyl (C=O) groups is 4. The third kappa shape index (κ3) is 8.22. The normalized spacial score (nSPS) is 17.3. The van der Waals surface area contributed by atoms with Crippen molar-refractivity contribution in [2.75, 3.05) is 33.9 Å². The highest BCUT2D eigenvalue weighted by Gasteiger charge is 2.44. The second-order valence-electron chi connectivity index (χ2n) is 15.2. The molecule has 3 aliphatic rings. The van der Waals surface area contributed by atoms with Gasteiger partial charge in [-0.2, -0.15) is 0 Å². The van der Waals surface area contributed by atoms with Crippen molar-refractivity contribution in [3.05, 3.63) is 93.9 Å². The van der Waals surface area contributed by atoms with Gasteiger partial charge in [0.15, 0.2) is 0 Å². The predicted octanol–water partition coefficient (Wildman–Crippen LogP) is 3.65. The topological polar surface area (TPSA) is 189 Å². The van der Waals surface area contributed by atoms with E-state index >= 15 is 0 Å². The van der Waals surface area contributed by atoms with Crippen LogP contribution < -0.4 is 25.1 Å². The highest BCUT2D eigenvalue weighted by Crippen LogP contribution is 2.38. The molecule has 0 radical (unpaired) electrons. The number of likely N-dealkylation sites (tertiary alicyclic amines) is 1. The third-order valence-electron chi connectivity index (χ3n) is 11.3. The molecule has 17 nitrogen and oxygen atoms in total. The van der Waals surface area contributed by atoms with Crippen LogP contribution in [0.5, 0.6) is 17.2 Å². The number of fused-ring (bicyclic) bond motifs is 2. The summed E-state index contributed by atoms with van der Waals surface area (Å²) < 4.78 is 27.3. The summed E-state index contributed by atoms with van der Waals surface area (Å²) in [6.45, 7) is 3.72. The molecule has 17 heteroatoms. The van der Waals surface area contributed by atoms with Crippen molar-refractivity contribution < 1.29 is 38.1 Å². The fraction of sp³-hybridized carbons (Fsp3) is 0.395. The number of ether oxygens (including phenoxy) is 4. The van der Waals surface area contributed by atoms with E-state index < -0.39 is 29.7 Å². The van der Waals surface area contributed by atoms with E-state index in [4.69, 9.17) is 18.9 Å². The van der Waals surface area contributed by atoms with Crippen molar-refractivity contribution in [3.63, 3.8) is 0 Å². The number of piperidine rings is 2. The van der Waals surface area contributed by atoms with Crippen molar-refractivity contribution in [1.29, 1.82) is 0 Å². The van der Waals surface area contributed by atoms with Gasteiger partial charge in [-0.3, -0.25) is 48.8 Å².